The summed E-state index contributed by atoms with van der Waals surface area (Å²) in [7, 11) is 0. The first-order valence-electron chi connectivity index (χ1n) is 8.07. The lowest BCUT2D eigenvalue weighted by atomic mass is 9.71. The van der Waals surface area contributed by atoms with Crippen LogP contribution in [0.15, 0.2) is 0 Å². The predicted molar refractivity (Wildman–Crippen MR) is 81.4 cm³/mol. The van der Waals surface area contributed by atoms with Crippen LogP contribution in [0.2, 0.25) is 0 Å². The summed E-state index contributed by atoms with van der Waals surface area (Å²) in [6.45, 7) is 16.0. The van der Waals surface area contributed by atoms with Gasteiger partial charge in [-0.2, -0.15) is 0 Å². The average Bonchev–Trinajstić information content (AvgIpc) is 2.20. The van der Waals surface area contributed by atoms with Crippen LogP contribution in [0.4, 0.5) is 0 Å². The van der Waals surface area contributed by atoms with Gasteiger partial charge < -0.3 is 4.74 Å². The normalized spacial score (nSPS) is 31.3. The van der Waals surface area contributed by atoms with Crippen molar-refractivity contribution in [3.05, 3.63) is 0 Å². The van der Waals surface area contributed by atoms with Crippen molar-refractivity contribution in [2.75, 3.05) is 13.1 Å². The third-order valence-corrected chi connectivity index (χ3v) is 4.83. The van der Waals surface area contributed by atoms with E-state index in [1.807, 2.05) is 0 Å². The molecule has 2 heteroatoms. The molecule has 1 saturated carbocycles. The molecule has 0 aromatic rings. The second kappa shape index (κ2) is 5.37. The molecule has 2 rings (SSSR count). The first-order chi connectivity index (χ1) is 8.65. The minimum absolute atomic E-state index is 0.0145. The lowest BCUT2D eigenvalue weighted by molar-refractivity contribution is -0.138. The maximum absolute atomic E-state index is 6.03. The van der Waals surface area contributed by atoms with Crippen LogP contribution in [-0.2, 0) is 4.74 Å². The van der Waals surface area contributed by atoms with Gasteiger partial charge >= 0.3 is 0 Å². The fraction of sp³-hybridized carbons (Fsp3) is 1.00. The molecule has 2 fully saturated rings. The first kappa shape index (κ1) is 15.3. The molecule has 2 nitrogen and oxygen atoms in total. The van der Waals surface area contributed by atoms with Crippen molar-refractivity contribution in [3.63, 3.8) is 0 Å². The Labute approximate surface area is 119 Å². The molecule has 19 heavy (non-hydrogen) atoms. The van der Waals surface area contributed by atoms with Crippen LogP contribution >= 0.6 is 0 Å². The summed E-state index contributed by atoms with van der Waals surface area (Å²) < 4.78 is 6.03. The molecule has 112 valence electrons. The van der Waals surface area contributed by atoms with Crippen LogP contribution in [0.3, 0.4) is 0 Å². The Kier molecular flexibility index (Phi) is 4.32. The molecular formula is C17H33NO. The molecule has 0 amide bonds. The highest BCUT2D eigenvalue weighted by atomic mass is 16.5. The first-order valence-corrected chi connectivity index (χ1v) is 8.07. The summed E-state index contributed by atoms with van der Waals surface area (Å²) in [6.07, 6.45) is 6.08. The van der Waals surface area contributed by atoms with E-state index in [2.05, 4.69) is 46.4 Å². The zero-order chi connectivity index (χ0) is 14.3. The predicted octanol–water partition coefficient (Wildman–Crippen LogP) is 4.09. The number of hydrogen-bond acceptors (Lipinski definition) is 2. The second-order valence-corrected chi connectivity index (χ2v) is 8.68. The molecule has 0 spiro atoms. The van der Waals surface area contributed by atoms with Crippen molar-refractivity contribution in [3.8, 4) is 0 Å². The molecule has 1 heterocycles. The third kappa shape index (κ3) is 4.19. The molecular weight excluding hydrogens is 234 g/mol. The van der Waals surface area contributed by atoms with Crippen LogP contribution in [0.1, 0.15) is 67.2 Å². The molecule has 0 aromatic carbocycles. The molecule has 0 bridgehead atoms. The highest BCUT2D eigenvalue weighted by Gasteiger charge is 2.38. The van der Waals surface area contributed by atoms with Gasteiger partial charge in [0.15, 0.2) is 0 Å². The van der Waals surface area contributed by atoms with Gasteiger partial charge in [-0.3, -0.25) is 4.90 Å². The molecule has 0 radical (unpaired) electrons. The number of hydrogen-bond donors (Lipinski definition) is 0. The highest BCUT2D eigenvalue weighted by molar-refractivity contribution is 4.91. The Bertz CT molecular complexity index is 285. The molecule has 0 aromatic heterocycles. The van der Waals surface area contributed by atoms with E-state index in [9.17, 15) is 0 Å². The molecule has 1 aliphatic heterocycles. The zero-order valence-electron chi connectivity index (χ0n) is 13.8. The van der Waals surface area contributed by atoms with E-state index in [1.165, 1.54) is 25.7 Å². The Balaban J connectivity index is 1.70. The van der Waals surface area contributed by atoms with Gasteiger partial charge in [0.25, 0.3) is 0 Å². The quantitative estimate of drug-likeness (QED) is 0.747. The summed E-state index contributed by atoms with van der Waals surface area (Å²) in [5.41, 5.74) is 0.512. The minimum Gasteiger partial charge on any atom is -0.370 e. The van der Waals surface area contributed by atoms with Crippen LogP contribution in [-0.4, -0.2) is 35.7 Å². The Morgan fingerprint density at radius 3 is 1.79 bits per heavy atom. The van der Waals surface area contributed by atoms with Crippen LogP contribution in [0.5, 0.6) is 0 Å². The number of ether oxygens (including phenoxy) is 1. The van der Waals surface area contributed by atoms with E-state index in [-0.39, 0.29) is 5.60 Å². The Morgan fingerprint density at radius 2 is 1.37 bits per heavy atom. The summed E-state index contributed by atoms with van der Waals surface area (Å²) in [6, 6.07) is 0.832. The van der Waals surface area contributed by atoms with Crippen molar-refractivity contribution < 1.29 is 4.74 Å². The number of likely N-dealkylation sites (tertiary alicyclic amines) is 1. The van der Waals surface area contributed by atoms with Crippen molar-refractivity contribution in [1.82, 2.24) is 4.90 Å². The molecule has 2 aliphatic rings. The van der Waals surface area contributed by atoms with E-state index in [0.717, 1.165) is 25.0 Å². The lowest BCUT2D eigenvalue weighted by Crippen LogP contribution is -2.58. The summed E-state index contributed by atoms with van der Waals surface area (Å²) in [4.78, 5) is 2.65. The minimum atomic E-state index is 0.0145. The SMILES string of the molecule is CC(C)(C)OC1CN(C2CCC(C(C)(C)C)CC2)C1. The van der Waals surface area contributed by atoms with Crippen molar-refractivity contribution in [2.24, 2.45) is 11.3 Å². The van der Waals surface area contributed by atoms with E-state index in [1.54, 1.807) is 0 Å². The summed E-state index contributed by atoms with van der Waals surface area (Å²) in [5.74, 6) is 0.923. The Hall–Kier alpha value is -0.0800. The van der Waals surface area contributed by atoms with Crippen molar-refractivity contribution in [2.45, 2.75) is 85.0 Å². The molecule has 0 atom stereocenters. The fourth-order valence-corrected chi connectivity index (χ4v) is 3.65. The maximum atomic E-state index is 6.03. The number of rotatable bonds is 2. The summed E-state index contributed by atoms with van der Waals surface area (Å²) >= 11 is 0. The summed E-state index contributed by atoms with van der Waals surface area (Å²) in [5, 5.41) is 0. The standard InChI is InChI=1S/C17H33NO/c1-16(2,3)13-7-9-14(10-8-13)18-11-15(12-18)19-17(4,5)6/h13-15H,7-12H2,1-6H3. The number of nitrogens with zero attached hydrogens (tertiary/aromatic N) is 1. The van der Waals surface area contributed by atoms with Gasteiger partial charge in [-0.15, -0.1) is 0 Å². The van der Waals surface area contributed by atoms with Gasteiger partial charge in [-0.25, -0.2) is 0 Å². The largest absolute Gasteiger partial charge is 0.370 e. The van der Waals surface area contributed by atoms with E-state index < -0.39 is 0 Å². The smallest absolute Gasteiger partial charge is 0.0835 e. The van der Waals surface area contributed by atoms with Gasteiger partial charge in [-0.1, -0.05) is 20.8 Å². The van der Waals surface area contributed by atoms with Gasteiger partial charge in [-0.05, 0) is 57.8 Å². The Morgan fingerprint density at radius 1 is 0.842 bits per heavy atom. The fourth-order valence-electron chi connectivity index (χ4n) is 3.65. The monoisotopic (exact) mass is 267 g/mol. The van der Waals surface area contributed by atoms with Crippen molar-refractivity contribution >= 4 is 0 Å². The lowest BCUT2D eigenvalue weighted by Gasteiger charge is -2.49. The molecule has 1 aliphatic carbocycles. The van der Waals surface area contributed by atoms with Crippen molar-refractivity contribution in [1.29, 1.82) is 0 Å². The van der Waals surface area contributed by atoms with E-state index in [0.29, 0.717) is 11.5 Å². The topological polar surface area (TPSA) is 12.5 Å². The van der Waals surface area contributed by atoms with Crippen LogP contribution < -0.4 is 0 Å². The second-order valence-electron chi connectivity index (χ2n) is 8.68. The van der Waals surface area contributed by atoms with Gasteiger partial charge in [0, 0.05) is 19.1 Å². The maximum Gasteiger partial charge on any atom is 0.0835 e. The van der Waals surface area contributed by atoms with Gasteiger partial charge in [0.2, 0.25) is 0 Å². The highest BCUT2D eigenvalue weighted by Crippen LogP contribution is 2.40. The van der Waals surface area contributed by atoms with E-state index in [4.69, 9.17) is 4.74 Å². The molecule has 0 N–H and O–H groups in total. The van der Waals surface area contributed by atoms with Gasteiger partial charge in [0.05, 0.1) is 11.7 Å². The molecule has 0 unspecified atom stereocenters. The zero-order valence-corrected chi connectivity index (χ0v) is 13.8. The van der Waals surface area contributed by atoms with Crippen LogP contribution in [0.25, 0.3) is 0 Å². The average molecular weight is 267 g/mol. The molecule has 1 saturated heterocycles. The van der Waals surface area contributed by atoms with Gasteiger partial charge in [0.1, 0.15) is 0 Å². The van der Waals surface area contributed by atoms with E-state index >= 15 is 0 Å². The third-order valence-electron chi connectivity index (χ3n) is 4.83. The van der Waals surface area contributed by atoms with Crippen LogP contribution in [0, 0.1) is 11.3 Å².